The predicted octanol–water partition coefficient (Wildman–Crippen LogP) is 2.98. The highest BCUT2D eigenvalue weighted by atomic mass is 32.1. The molecule has 3 rings (SSSR count). The Morgan fingerprint density at radius 1 is 1.00 bits per heavy atom. The molecule has 0 fully saturated rings. The molecule has 1 N–H and O–H groups in total. The molecular weight excluding hydrogens is 242 g/mol. The Labute approximate surface area is 110 Å². The maximum absolute atomic E-state index is 4.59. The van der Waals surface area contributed by atoms with Crippen LogP contribution in [0.3, 0.4) is 0 Å². The van der Waals surface area contributed by atoms with Gasteiger partial charge in [-0.25, -0.2) is 4.98 Å². The van der Waals surface area contributed by atoms with Gasteiger partial charge in [-0.05, 0) is 29.8 Å². The number of nitrogens with zero attached hydrogens (tertiary/aromatic N) is 2. The molecule has 1 aromatic carbocycles. The van der Waals surface area contributed by atoms with Gasteiger partial charge in [0, 0.05) is 25.5 Å². The van der Waals surface area contributed by atoms with Crippen LogP contribution in [-0.4, -0.2) is 9.97 Å². The van der Waals surface area contributed by atoms with Gasteiger partial charge in [0.1, 0.15) is 5.01 Å². The summed E-state index contributed by atoms with van der Waals surface area (Å²) in [6.45, 7) is 1.65. The van der Waals surface area contributed by atoms with E-state index in [1.54, 1.807) is 11.3 Å². The lowest BCUT2D eigenvalue weighted by Gasteiger charge is -2.01. The van der Waals surface area contributed by atoms with E-state index in [-0.39, 0.29) is 0 Å². The van der Waals surface area contributed by atoms with Crippen LogP contribution in [0, 0.1) is 0 Å². The molecule has 0 spiro atoms. The molecule has 4 heteroatoms. The molecule has 0 radical (unpaired) electrons. The van der Waals surface area contributed by atoms with Crippen molar-refractivity contribution in [3.63, 3.8) is 0 Å². The molecular formula is C14H13N3S. The lowest BCUT2D eigenvalue weighted by molar-refractivity contribution is 0.690. The van der Waals surface area contributed by atoms with Crippen molar-refractivity contribution in [2.75, 3.05) is 0 Å². The van der Waals surface area contributed by atoms with Crippen molar-refractivity contribution in [1.29, 1.82) is 0 Å². The van der Waals surface area contributed by atoms with E-state index in [9.17, 15) is 0 Å². The zero-order chi connectivity index (χ0) is 12.2. The van der Waals surface area contributed by atoms with Crippen LogP contribution in [0.4, 0.5) is 0 Å². The molecule has 0 aliphatic heterocycles. The highest BCUT2D eigenvalue weighted by Gasteiger charge is 2.02. The third-order valence-electron chi connectivity index (χ3n) is 2.69. The van der Waals surface area contributed by atoms with Gasteiger partial charge in [-0.2, -0.15) is 0 Å². The second-order valence-electron chi connectivity index (χ2n) is 4.03. The van der Waals surface area contributed by atoms with Gasteiger partial charge in [-0.15, -0.1) is 11.3 Å². The normalized spacial score (nSPS) is 10.9. The van der Waals surface area contributed by atoms with Crippen molar-refractivity contribution in [3.05, 3.63) is 59.4 Å². The minimum atomic E-state index is 0.807. The number of nitrogens with one attached hydrogen (secondary N) is 1. The van der Waals surface area contributed by atoms with Crippen LogP contribution in [0.2, 0.25) is 0 Å². The molecule has 0 atom stereocenters. The van der Waals surface area contributed by atoms with E-state index < -0.39 is 0 Å². The summed E-state index contributed by atoms with van der Waals surface area (Å²) in [4.78, 5) is 8.59. The monoisotopic (exact) mass is 255 g/mol. The molecule has 18 heavy (non-hydrogen) atoms. The summed E-state index contributed by atoms with van der Waals surface area (Å²) < 4.78 is 1.25. The molecule has 0 unspecified atom stereocenters. The van der Waals surface area contributed by atoms with Crippen molar-refractivity contribution in [2.45, 2.75) is 13.1 Å². The molecule has 0 aliphatic rings. The first-order valence-corrected chi connectivity index (χ1v) is 6.67. The largest absolute Gasteiger partial charge is 0.306 e. The minimum absolute atomic E-state index is 0.807. The Morgan fingerprint density at radius 2 is 1.83 bits per heavy atom. The van der Waals surface area contributed by atoms with Gasteiger partial charge in [0.15, 0.2) is 0 Å². The third kappa shape index (κ3) is 2.55. The van der Waals surface area contributed by atoms with Crippen LogP contribution < -0.4 is 5.32 Å². The SMILES string of the molecule is c1ccc2sc(CNCc3ccncc3)nc2c1. The average molecular weight is 255 g/mol. The predicted molar refractivity (Wildman–Crippen MR) is 74.4 cm³/mol. The standard InChI is InChI=1S/C14H13N3S/c1-2-4-13-12(3-1)17-14(18-13)10-16-9-11-5-7-15-8-6-11/h1-8,16H,9-10H2. The molecule has 0 amide bonds. The van der Waals surface area contributed by atoms with Gasteiger partial charge < -0.3 is 5.32 Å². The van der Waals surface area contributed by atoms with Crippen molar-refractivity contribution in [1.82, 2.24) is 15.3 Å². The number of benzene rings is 1. The van der Waals surface area contributed by atoms with E-state index in [0.717, 1.165) is 23.6 Å². The Hall–Kier alpha value is -1.78. The zero-order valence-electron chi connectivity index (χ0n) is 9.84. The minimum Gasteiger partial charge on any atom is -0.306 e. The van der Waals surface area contributed by atoms with Crippen molar-refractivity contribution < 1.29 is 0 Å². The van der Waals surface area contributed by atoms with Crippen LogP contribution in [0.15, 0.2) is 48.8 Å². The maximum Gasteiger partial charge on any atom is 0.108 e. The molecule has 2 aromatic heterocycles. The highest BCUT2D eigenvalue weighted by Crippen LogP contribution is 2.21. The molecule has 3 nitrogen and oxygen atoms in total. The maximum atomic E-state index is 4.59. The van der Waals surface area contributed by atoms with Crippen molar-refractivity contribution >= 4 is 21.6 Å². The summed E-state index contributed by atoms with van der Waals surface area (Å²) in [5, 5.41) is 4.53. The second-order valence-corrected chi connectivity index (χ2v) is 5.15. The number of pyridine rings is 1. The summed E-state index contributed by atoms with van der Waals surface area (Å²) in [7, 11) is 0. The molecule has 0 saturated heterocycles. The van der Waals surface area contributed by atoms with Crippen LogP contribution in [-0.2, 0) is 13.1 Å². The van der Waals surface area contributed by atoms with Crippen molar-refractivity contribution in [3.8, 4) is 0 Å². The van der Waals surface area contributed by atoms with Gasteiger partial charge in [0.25, 0.3) is 0 Å². The van der Waals surface area contributed by atoms with E-state index in [2.05, 4.69) is 33.5 Å². The number of thiazole rings is 1. The number of fused-ring (bicyclic) bond motifs is 1. The van der Waals surface area contributed by atoms with E-state index in [4.69, 9.17) is 0 Å². The summed E-state index contributed by atoms with van der Waals surface area (Å²) in [6.07, 6.45) is 3.63. The summed E-state index contributed by atoms with van der Waals surface area (Å²) in [6, 6.07) is 12.3. The first-order valence-electron chi connectivity index (χ1n) is 5.86. The summed E-state index contributed by atoms with van der Waals surface area (Å²) in [5.74, 6) is 0. The van der Waals surface area contributed by atoms with Crippen LogP contribution >= 0.6 is 11.3 Å². The lowest BCUT2D eigenvalue weighted by Crippen LogP contribution is -2.12. The fraction of sp³-hybridized carbons (Fsp3) is 0.143. The van der Waals surface area contributed by atoms with Gasteiger partial charge >= 0.3 is 0 Å². The van der Waals surface area contributed by atoms with Gasteiger partial charge in [-0.3, -0.25) is 4.98 Å². The Balaban J connectivity index is 1.63. The number of hydrogen-bond donors (Lipinski definition) is 1. The average Bonchev–Trinajstić information content (AvgIpc) is 2.82. The Morgan fingerprint density at radius 3 is 2.67 bits per heavy atom. The second kappa shape index (κ2) is 5.25. The zero-order valence-corrected chi connectivity index (χ0v) is 10.7. The van der Waals surface area contributed by atoms with Crippen LogP contribution in [0.1, 0.15) is 10.6 Å². The fourth-order valence-electron chi connectivity index (χ4n) is 1.81. The number of para-hydroxylation sites is 1. The van der Waals surface area contributed by atoms with E-state index in [0.29, 0.717) is 0 Å². The summed E-state index contributed by atoms with van der Waals surface area (Å²) >= 11 is 1.75. The first-order chi connectivity index (χ1) is 8.92. The van der Waals surface area contributed by atoms with Gasteiger partial charge in [0.05, 0.1) is 10.2 Å². The molecule has 2 heterocycles. The van der Waals surface area contributed by atoms with Crippen molar-refractivity contribution in [2.24, 2.45) is 0 Å². The third-order valence-corrected chi connectivity index (χ3v) is 3.73. The Bertz CT molecular complexity index is 601. The smallest absolute Gasteiger partial charge is 0.108 e. The molecule has 0 bridgehead atoms. The number of rotatable bonds is 4. The first kappa shape index (κ1) is 11.3. The molecule has 0 saturated carbocycles. The van der Waals surface area contributed by atoms with E-state index in [1.165, 1.54) is 10.3 Å². The van der Waals surface area contributed by atoms with Crippen LogP contribution in [0.25, 0.3) is 10.2 Å². The highest BCUT2D eigenvalue weighted by molar-refractivity contribution is 7.18. The topological polar surface area (TPSA) is 37.8 Å². The number of hydrogen-bond acceptors (Lipinski definition) is 4. The van der Waals surface area contributed by atoms with E-state index in [1.807, 2.05) is 30.6 Å². The quantitative estimate of drug-likeness (QED) is 0.779. The van der Waals surface area contributed by atoms with Gasteiger partial charge in [0.2, 0.25) is 0 Å². The molecule has 90 valence electrons. The van der Waals surface area contributed by atoms with Crippen LogP contribution in [0.5, 0.6) is 0 Å². The van der Waals surface area contributed by atoms with Gasteiger partial charge in [-0.1, -0.05) is 12.1 Å². The summed E-state index contributed by atoms with van der Waals surface area (Å²) in [5.41, 5.74) is 2.33. The lowest BCUT2D eigenvalue weighted by atomic mass is 10.3. The fourth-order valence-corrected chi connectivity index (χ4v) is 2.75. The number of aromatic nitrogens is 2. The Kier molecular flexibility index (Phi) is 3.30. The molecule has 3 aromatic rings. The molecule has 0 aliphatic carbocycles. The van der Waals surface area contributed by atoms with E-state index >= 15 is 0 Å².